The summed E-state index contributed by atoms with van der Waals surface area (Å²) in [5.41, 5.74) is 0.707. The van der Waals surface area contributed by atoms with Gasteiger partial charge in [0, 0.05) is 5.56 Å². The van der Waals surface area contributed by atoms with Crippen LogP contribution in [0.5, 0.6) is 17.2 Å². The van der Waals surface area contributed by atoms with E-state index in [9.17, 15) is 9.59 Å². The Kier molecular flexibility index (Phi) is 4.53. The number of benzene rings is 2. The zero-order valence-corrected chi connectivity index (χ0v) is 14.4. The lowest BCUT2D eigenvalue weighted by Gasteiger charge is -2.12. The van der Waals surface area contributed by atoms with Crippen molar-refractivity contribution in [3.63, 3.8) is 0 Å². The van der Waals surface area contributed by atoms with Crippen LogP contribution >= 0.6 is 0 Å². The van der Waals surface area contributed by atoms with Crippen LogP contribution in [0.2, 0.25) is 0 Å². The molecule has 0 aliphatic rings. The predicted molar refractivity (Wildman–Crippen MR) is 94.5 cm³/mol. The monoisotopic (exact) mass is 356 g/mol. The lowest BCUT2D eigenvalue weighted by molar-refractivity contribution is 0.0696. The normalized spacial score (nSPS) is 10.6. The van der Waals surface area contributed by atoms with Gasteiger partial charge in [0.25, 0.3) is 0 Å². The van der Waals surface area contributed by atoms with Crippen molar-refractivity contribution in [3.05, 3.63) is 52.4 Å². The topological polar surface area (TPSA) is 95.2 Å². The van der Waals surface area contributed by atoms with Gasteiger partial charge in [-0.1, -0.05) is 0 Å². The number of carboxylic acid groups (broad SMARTS) is 1. The number of rotatable bonds is 5. The number of fused-ring (bicyclic) bond motifs is 1. The Balaban J connectivity index is 2.26. The summed E-state index contributed by atoms with van der Waals surface area (Å²) in [6, 6.07) is 7.48. The molecule has 0 fully saturated rings. The molecule has 0 atom stereocenters. The number of carboxylic acids is 1. The van der Waals surface area contributed by atoms with Crippen LogP contribution in [0.15, 0.2) is 45.8 Å². The average Bonchev–Trinajstić information content (AvgIpc) is 2.66. The maximum atomic E-state index is 13.0. The summed E-state index contributed by atoms with van der Waals surface area (Å²) in [7, 11) is 4.35. The molecule has 0 saturated carbocycles. The van der Waals surface area contributed by atoms with Gasteiger partial charge in [0.15, 0.2) is 11.3 Å². The van der Waals surface area contributed by atoms with Crippen LogP contribution in [-0.2, 0) is 0 Å². The Labute approximate surface area is 148 Å². The van der Waals surface area contributed by atoms with Crippen molar-refractivity contribution in [3.8, 4) is 28.4 Å². The van der Waals surface area contributed by atoms with E-state index < -0.39 is 5.97 Å². The first-order chi connectivity index (χ1) is 12.5. The molecule has 2 aromatic carbocycles. The number of hydrogen-bond acceptors (Lipinski definition) is 6. The minimum atomic E-state index is -1.09. The lowest BCUT2D eigenvalue weighted by Crippen LogP contribution is -2.07. The Morgan fingerprint density at radius 3 is 2.31 bits per heavy atom. The van der Waals surface area contributed by atoms with E-state index in [2.05, 4.69) is 0 Å². The highest BCUT2D eigenvalue weighted by molar-refractivity contribution is 5.91. The number of carbonyl (C=O) groups is 1. The van der Waals surface area contributed by atoms with Crippen LogP contribution in [0.1, 0.15) is 10.4 Å². The quantitative estimate of drug-likeness (QED) is 0.750. The van der Waals surface area contributed by atoms with Gasteiger partial charge in [0.1, 0.15) is 12.0 Å². The number of ether oxygens (including phenoxy) is 3. The highest BCUT2D eigenvalue weighted by Crippen LogP contribution is 2.36. The molecule has 3 aromatic rings. The third-order valence-corrected chi connectivity index (χ3v) is 4.02. The molecule has 1 heterocycles. The minimum Gasteiger partial charge on any atom is -0.496 e. The summed E-state index contributed by atoms with van der Waals surface area (Å²) >= 11 is 0. The van der Waals surface area contributed by atoms with Crippen LogP contribution in [0.4, 0.5) is 0 Å². The average molecular weight is 356 g/mol. The molecule has 7 nitrogen and oxygen atoms in total. The Bertz CT molecular complexity index is 1050. The van der Waals surface area contributed by atoms with Crippen molar-refractivity contribution in [2.45, 2.75) is 0 Å². The van der Waals surface area contributed by atoms with E-state index in [0.717, 1.165) is 0 Å². The molecule has 3 rings (SSSR count). The molecule has 26 heavy (non-hydrogen) atoms. The largest absolute Gasteiger partial charge is 0.496 e. The smallest absolute Gasteiger partial charge is 0.335 e. The molecular formula is C19H16O7. The van der Waals surface area contributed by atoms with E-state index in [0.29, 0.717) is 22.4 Å². The van der Waals surface area contributed by atoms with Crippen molar-refractivity contribution in [2.75, 3.05) is 21.3 Å². The van der Waals surface area contributed by atoms with E-state index in [1.807, 2.05) is 0 Å². The molecule has 0 unspecified atom stereocenters. The zero-order chi connectivity index (χ0) is 18.8. The van der Waals surface area contributed by atoms with Crippen molar-refractivity contribution in [1.29, 1.82) is 0 Å². The summed E-state index contributed by atoms with van der Waals surface area (Å²) in [6.45, 7) is 0. The summed E-state index contributed by atoms with van der Waals surface area (Å²) in [4.78, 5) is 24.1. The SMILES string of the molecule is COc1cc(C(=O)O)ccc1-c1coc2c(OC)c(OC)ccc2c1=O. The number of aromatic carboxylic acids is 1. The Morgan fingerprint density at radius 2 is 1.69 bits per heavy atom. The third kappa shape index (κ3) is 2.73. The standard InChI is InChI=1S/C19H16O7/c1-23-14-7-6-12-16(20)13(9-26-17(12)18(14)25-3)11-5-4-10(19(21)22)8-15(11)24-2/h4-9H,1-3H3,(H,21,22). The van der Waals surface area contributed by atoms with Gasteiger partial charge in [-0.3, -0.25) is 4.79 Å². The summed E-state index contributed by atoms with van der Waals surface area (Å²) in [5.74, 6) is -0.0598. The second-order valence-corrected chi connectivity index (χ2v) is 5.38. The van der Waals surface area contributed by atoms with Crippen LogP contribution in [0, 0.1) is 0 Å². The van der Waals surface area contributed by atoms with E-state index >= 15 is 0 Å². The van der Waals surface area contributed by atoms with Crippen LogP contribution in [-0.4, -0.2) is 32.4 Å². The van der Waals surface area contributed by atoms with Crippen LogP contribution < -0.4 is 19.6 Å². The molecule has 134 valence electrons. The fraction of sp³-hybridized carbons (Fsp3) is 0.158. The van der Waals surface area contributed by atoms with E-state index in [1.54, 1.807) is 12.1 Å². The van der Waals surface area contributed by atoms with Gasteiger partial charge in [-0.25, -0.2) is 4.79 Å². The summed E-state index contributed by atoms with van der Waals surface area (Å²) < 4.78 is 21.4. The molecule has 0 radical (unpaired) electrons. The minimum absolute atomic E-state index is 0.0576. The van der Waals surface area contributed by atoms with E-state index in [1.165, 1.54) is 45.8 Å². The van der Waals surface area contributed by atoms with Gasteiger partial charge in [0.2, 0.25) is 11.2 Å². The molecule has 0 aliphatic carbocycles. The van der Waals surface area contributed by atoms with Crippen LogP contribution in [0.25, 0.3) is 22.1 Å². The maximum Gasteiger partial charge on any atom is 0.335 e. The molecule has 7 heteroatoms. The first-order valence-electron chi connectivity index (χ1n) is 7.60. The highest BCUT2D eigenvalue weighted by atomic mass is 16.5. The van der Waals surface area contributed by atoms with Gasteiger partial charge in [-0.15, -0.1) is 0 Å². The van der Waals surface area contributed by atoms with E-state index in [4.69, 9.17) is 23.7 Å². The third-order valence-electron chi connectivity index (χ3n) is 4.02. The molecule has 1 N–H and O–H groups in total. The molecule has 0 aliphatic heterocycles. The van der Waals surface area contributed by atoms with Gasteiger partial charge in [-0.2, -0.15) is 0 Å². The fourth-order valence-electron chi connectivity index (χ4n) is 2.74. The van der Waals surface area contributed by atoms with Crippen molar-refractivity contribution in [1.82, 2.24) is 0 Å². The molecule has 0 spiro atoms. The predicted octanol–water partition coefficient (Wildman–Crippen LogP) is 3.18. The van der Waals surface area contributed by atoms with Crippen LogP contribution in [0.3, 0.4) is 0 Å². The zero-order valence-electron chi connectivity index (χ0n) is 14.4. The highest BCUT2D eigenvalue weighted by Gasteiger charge is 2.19. The maximum absolute atomic E-state index is 13.0. The van der Waals surface area contributed by atoms with Gasteiger partial charge >= 0.3 is 5.97 Å². The van der Waals surface area contributed by atoms with Crippen molar-refractivity contribution >= 4 is 16.9 Å². The molecular weight excluding hydrogens is 340 g/mol. The van der Waals surface area contributed by atoms with Gasteiger partial charge in [0.05, 0.1) is 37.8 Å². The van der Waals surface area contributed by atoms with E-state index in [-0.39, 0.29) is 27.9 Å². The number of hydrogen-bond donors (Lipinski definition) is 1. The van der Waals surface area contributed by atoms with Gasteiger partial charge < -0.3 is 23.7 Å². The van der Waals surface area contributed by atoms with Crippen molar-refractivity contribution < 1.29 is 28.5 Å². The second kappa shape index (κ2) is 6.79. The van der Waals surface area contributed by atoms with Gasteiger partial charge in [-0.05, 0) is 30.3 Å². The number of methoxy groups -OCH3 is 3. The summed E-state index contributed by atoms with van der Waals surface area (Å²) in [5, 5.41) is 9.42. The molecule has 0 saturated heterocycles. The Morgan fingerprint density at radius 1 is 0.962 bits per heavy atom. The molecule has 1 aromatic heterocycles. The summed E-state index contributed by atoms with van der Waals surface area (Å²) in [6.07, 6.45) is 1.30. The fourth-order valence-corrected chi connectivity index (χ4v) is 2.74. The van der Waals surface area contributed by atoms with Crippen molar-refractivity contribution in [2.24, 2.45) is 0 Å². The second-order valence-electron chi connectivity index (χ2n) is 5.38. The Hall–Kier alpha value is -3.48. The lowest BCUT2D eigenvalue weighted by atomic mass is 10.0. The molecule has 0 amide bonds. The molecule has 0 bridgehead atoms. The first kappa shape index (κ1) is 17.3. The first-order valence-corrected chi connectivity index (χ1v) is 7.60.